The number of aliphatic carboxylic acids is 1. The fourth-order valence-corrected chi connectivity index (χ4v) is 1.99. The number of aromatic amines is 1. The number of benzene rings is 1. The first-order chi connectivity index (χ1) is 12.0. The molecule has 0 aliphatic heterocycles. The van der Waals surface area contributed by atoms with Crippen LogP contribution in [0, 0.1) is 0 Å². The van der Waals surface area contributed by atoms with Crippen LogP contribution in [0.1, 0.15) is 11.3 Å². The second-order valence-corrected chi connectivity index (χ2v) is 5.15. The van der Waals surface area contributed by atoms with Crippen LogP contribution in [0.5, 0.6) is 0 Å². The summed E-state index contributed by atoms with van der Waals surface area (Å²) in [6, 6.07) is 7.94. The molecular formula is C16H20N4O6. The third-order valence-corrected chi connectivity index (χ3v) is 3.22. The summed E-state index contributed by atoms with van der Waals surface area (Å²) in [5.74, 6) is -1.82. The summed E-state index contributed by atoms with van der Waals surface area (Å²) < 4.78 is 4.96. The summed E-state index contributed by atoms with van der Waals surface area (Å²) in [5.41, 5.74) is 1.38. The van der Waals surface area contributed by atoms with E-state index in [4.69, 9.17) is 9.84 Å². The molecule has 0 aliphatic rings. The molecule has 10 heteroatoms. The largest absolute Gasteiger partial charge is 0.480 e. The van der Waals surface area contributed by atoms with Gasteiger partial charge in [-0.05, 0) is 5.56 Å². The molecule has 0 spiro atoms. The highest BCUT2D eigenvalue weighted by Crippen LogP contribution is 2.01. The Labute approximate surface area is 148 Å². The predicted molar refractivity (Wildman–Crippen MR) is 90.1 cm³/mol. The summed E-state index contributed by atoms with van der Waals surface area (Å²) >= 11 is 0. The van der Waals surface area contributed by atoms with Gasteiger partial charge in [0.1, 0.15) is 19.2 Å². The van der Waals surface area contributed by atoms with Crippen molar-refractivity contribution < 1.29 is 29.7 Å². The van der Waals surface area contributed by atoms with Crippen LogP contribution >= 0.6 is 0 Å². The number of rotatable bonds is 8. The van der Waals surface area contributed by atoms with Crippen molar-refractivity contribution in [2.75, 3.05) is 6.54 Å². The molecule has 2 rings (SSSR count). The van der Waals surface area contributed by atoms with Crippen molar-refractivity contribution >= 4 is 18.0 Å². The van der Waals surface area contributed by atoms with Crippen LogP contribution in [0.4, 0.5) is 4.79 Å². The van der Waals surface area contributed by atoms with Crippen LogP contribution in [-0.2, 0) is 27.4 Å². The Kier molecular flexibility index (Phi) is 8.31. The molecule has 0 unspecified atom stereocenters. The number of amides is 2. The van der Waals surface area contributed by atoms with E-state index in [-0.39, 0.29) is 25.0 Å². The van der Waals surface area contributed by atoms with Crippen molar-refractivity contribution in [2.24, 2.45) is 0 Å². The van der Waals surface area contributed by atoms with Gasteiger partial charge in [-0.3, -0.25) is 4.79 Å². The lowest BCUT2D eigenvalue weighted by Gasteiger charge is -2.14. The van der Waals surface area contributed by atoms with Gasteiger partial charge in [-0.15, -0.1) is 0 Å². The molecule has 2 amide bonds. The van der Waals surface area contributed by atoms with Gasteiger partial charge >= 0.3 is 12.1 Å². The molecule has 2 aromatic rings. The molecule has 0 bridgehead atoms. The van der Waals surface area contributed by atoms with Gasteiger partial charge in [-0.2, -0.15) is 0 Å². The van der Waals surface area contributed by atoms with Crippen LogP contribution in [0.25, 0.3) is 0 Å². The molecule has 1 heterocycles. The Morgan fingerprint density at radius 3 is 2.58 bits per heavy atom. The highest BCUT2D eigenvalue weighted by atomic mass is 16.5. The summed E-state index contributed by atoms with van der Waals surface area (Å²) in [6.07, 6.45) is 2.18. The Balaban J connectivity index is 0.00000338. The zero-order valence-corrected chi connectivity index (χ0v) is 13.8. The first-order valence-corrected chi connectivity index (χ1v) is 7.48. The maximum Gasteiger partial charge on any atom is 0.407 e. The van der Waals surface area contributed by atoms with Gasteiger partial charge in [0.25, 0.3) is 0 Å². The van der Waals surface area contributed by atoms with Gasteiger partial charge < -0.3 is 30.9 Å². The predicted octanol–water partition coefficient (Wildman–Crippen LogP) is -0.377. The molecule has 26 heavy (non-hydrogen) atoms. The average Bonchev–Trinajstić information content (AvgIpc) is 3.11. The summed E-state index contributed by atoms with van der Waals surface area (Å²) in [7, 11) is 0. The lowest BCUT2D eigenvalue weighted by Crippen LogP contribution is -2.46. The zero-order chi connectivity index (χ0) is 18.1. The number of carboxylic acids is 1. The number of hydrogen-bond donors (Lipinski definition) is 4. The molecule has 1 aromatic heterocycles. The van der Waals surface area contributed by atoms with E-state index in [1.807, 2.05) is 18.2 Å². The average molecular weight is 364 g/mol. The molecule has 6 N–H and O–H groups in total. The first kappa shape index (κ1) is 20.6. The number of H-pyrrole nitrogens is 1. The number of aromatic nitrogens is 2. The third-order valence-electron chi connectivity index (χ3n) is 3.22. The van der Waals surface area contributed by atoms with Crippen LogP contribution in [0.3, 0.4) is 0 Å². The van der Waals surface area contributed by atoms with Gasteiger partial charge in [0.2, 0.25) is 5.91 Å². The quantitative estimate of drug-likeness (QED) is 0.498. The van der Waals surface area contributed by atoms with Crippen LogP contribution in [-0.4, -0.2) is 51.1 Å². The second-order valence-electron chi connectivity index (χ2n) is 5.15. The smallest absolute Gasteiger partial charge is 0.407 e. The van der Waals surface area contributed by atoms with E-state index in [1.54, 1.807) is 12.1 Å². The van der Waals surface area contributed by atoms with E-state index in [1.165, 1.54) is 12.5 Å². The van der Waals surface area contributed by atoms with Gasteiger partial charge in [0, 0.05) is 18.3 Å². The SMILES string of the molecule is O.O=C(CNC(=O)OCc1ccccc1)N[C@@H](Cc1cnc[nH]1)C(=O)O. The maximum atomic E-state index is 11.8. The highest BCUT2D eigenvalue weighted by Gasteiger charge is 2.21. The molecule has 0 aliphatic carbocycles. The number of nitrogens with one attached hydrogen (secondary N) is 3. The van der Waals surface area contributed by atoms with Gasteiger partial charge in [0.15, 0.2) is 0 Å². The van der Waals surface area contributed by atoms with E-state index in [0.29, 0.717) is 5.69 Å². The van der Waals surface area contributed by atoms with E-state index in [0.717, 1.165) is 5.56 Å². The number of ether oxygens (including phenoxy) is 1. The summed E-state index contributed by atoms with van der Waals surface area (Å²) in [6.45, 7) is -0.313. The molecule has 0 fully saturated rings. The van der Waals surface area contributed by atoms with Crippen LogP contribution < -0.4 is 10.6 Å². The third kappa shape index (κ3) is 7.01. The lowest BCUT2D eigenvalue weighted by atomic mass is 10.1. The van der Waals surface area contributed by atoms with E-state index in [9.17, 15) is 14.4 Å². The Hall–Kier alpha value is -3.40. The minimum Gasteiger partial charge on any atom is -0.480 e. The van der Waals surface area contributed by atoms with Gasteiger partial charge in [-0.1, -0.05) is 30.3 Å². The van der Waals surface area contributed by atoms with Crippen LogP contribution in [0.2, 0.25) is 0 Å². The minimum absolute atomic E-state index is 0. The topological polar surface area (TPSA) is 165 Å². The molecule has 1 aromatic carbocycles. The van der Waals surface area contributed by atoms with Crippen molar-refractivity contribution in [2.45, 2.75) is 19.1 Å². The molecule has 0 saturated carbocycles. The number of nitrogens with zero attached hydrogens (tertiary/aromatic N) is 1. The van der Waals surface area contributed by atoms with E-state index >= 15 is 0 Å². The number of carboxylic acid groups (broad SMARTS) is 1. The van der Waals surface area contributed by atoms with Gasteiger partial charge in [-0.25, -0.2) is 14.6 Å². The maximum absolute atomic E-state index is 11.8. The summed E-state index contributed by atoms with van der Waals surface area (Å²) in [4.78, 5) is 41.1. The number of carbonyl (C=O) groups is 3. The standard InChI is InChI=1S/C16H18N4O5.H2O/c21-14(20-13(15(22)23)6-12-7-17-10-19-12)8-18-16(24)25-9-11-4-2-1-3-5-11;/h1-5,7,10,13H,6,8-9H2,(H,17,19)(H,18,24)(H,20,21)(H,22,23);1H2/t13-;/m0./s1. The van der Waals surface area contributed by atoms with Crippen molar-refractivity contribution in [1.29, 1.82) is 0 Å². The lowest BCUT2D eigenvalue weighted by molar-refractivity contribution is -0.141. The Bertz CT molecular complexity index is 705. The van der Waals surface area contributed by atoms with E-state index in [2.05, 4.69) is 20.6 Å². The number of hydrogen-bond acceptors (Lipinski definition) is 5. The number of carbonyl (C=O) groups excluding carboxylic acids is 2. The fraction of sp³-hybridized carbons (Fsp3) is 0.250. The van der Waals surface area contributed by atoms with Crippen molar-refractivity contribution in [3.05, 3.63) is 54.1 Å². The fourth-order valence-electron chi connectivity index (χ4n) is 1.99. The minimum atomic E-state index is -1.19. The van der Waals surface area contributed by atoms with Crippen molar-refractivity contribution in [1.82, 2.24) is 20.6 Å². The molecule has 140 valence electrons. The van der Waals surface area contributed by atoms with Crippen molar-refractivity contribution in [3.8, 4) is 0 Å². The first-order valence-electron chi connectivity index (χ1n) is 7.48. The Morgan fingerprint density at radius 1 is 1.23 bits per heavy atom. The summed E-state index contributed by atoms with van der Waals surface area (Å²) in [5, 5.41) is 13.7. The second kappa shape index (κ2) is 10.5. The number of imidazole rings is 1. The molecule has 0 radical (unpaired) electrons. The molecular weight excluding hydrogens is 344 g/mol. The van der Waals surface area contributed by atoms with Crippen LogP contribution in [0.15, 0.2) is 42.9 Å². The van der Waals surface area contributed by atoms with Crippen molar-refractivity contribution in [3.63, 3.8) is 0 Å². The highest BCUT2D eigenvalue weighted by molar-refractivity contribution is 5.86. The monoisotopic (exact) mass is 364 g/mol. The normalized spacial score (nSPS) is 10.9. The number of alkyl carbamates (subject to hydrolysis) is 1. The molecule has 0 saturated heterocycles. The van der Waals surface area contributed by atoms with Gasteiger partial charge in [0.05, 0.1) is 6.33 Å². The molecule has 1 atom stereocenters. The Morgan fingerprint density at radius 2 is 1.96 bits per heavy atom. The van der Waals surface area contributed by atoms with E-state index < -0.39 is 24.0 Å². The zero-order valence-electron chi connectivity index (χ0n) is 13.8. The molecule has 10 nitrogen and oxygen atoms in total.